The number of rotatable bonds is 3. The van der Waals surface area contributed by atoms with Crippen molar-refractivity contribution in [2.24, 2.45) is 0 Å². The SMILES string of the molecule is O=S(=O)(c1cccc2cccnc12)N1CCC[C@H](N2C3CCC2CC(O)C3)C1. The monoisotopic (exact) mass is 401 g/mol. The van der Waals surface area contributed by atoms with Crippen LogP contribution in [0.1, 0.15) is 38.5 Å². The first-order chi connectivity index (χ1) is 13.5. The Morgan fingerprint density at radius 1 is 1.00 bits per heavy atom. The van der Waals surface area contributed by atoms with Crippen LogP contribution in [-0.2, 0) is 10.0 Å². The van der Waals surface area contributed by atoms with E-state index < -0.39 is 10.0 Å². The topological polar surface area (TPSA) is 73.7 Å². The van der Waals surface area contributed by atoms with E-state index in [9.17, 15) is 13.5 Å². The van der Waals surface area contributed by atoms with Crippen LogP contribution in [-0.4, -0.2) is 65.0 Å². The van der Waals surface area contributed by atoms with Gasteiger partial charge in [0.1, 0.15) is 4.90 Å². The third-order valence-electron chi connectivity index (χ3n) is 6.76. The van der Waals surface area contributed by atoms with Gasteiger partial charge in [-0.3, -0.25) is 9.88 Å². The lowest BCUT2D eigenvalue weighted by Gasteiger charge is -2.45. The molecule has 1 N–H and O–H groups in total. The lowest BCUT2D eigenvalue weighted by atomic mass is 9.95. The van der Waals surface area contributed by atoms with E-state index in [4.69, 9.17) is 0 Å². The molecule has 0 amide bonds. The summed E-state index contributed by atoms with van der Waals surface area (Å²) in [6.45, 7) is 1.10. The van der Waals surface area contributed by atoms with Crippen LogP contribution in [0.5, 0.6) is 0 Å². The van der Waals surface area contributed by atoms with Crippen LogP contribution < -0.4 is 0 Å². The van der Waals surface area contributed by atoms with Gasteiger partial charge in [-0.1, -0.05) is 18.2 Å². The Hall–Kier alpha value is -1.54. The summed E-state index contributed by atoms with van der Waals surface area (Å²) in [7, 11) is -3.59. The molecule has 0 saturated carbocycles. The van der Waals surface area contributed by atoms with Crippen molar-refractivity contribution in [2.45, 2.75) is 67.6 Å². The summed E-state index contributed by atoms with van der Waals surface area (Å²) in [4.78, 5) is 7.20. The predicted octanol–water partition coefficient (Wildman–Crippen LogP) is 2.38. The second-order valence-corrected chi connectivity index (χ2v) is 10.4. The summed E-state index contributed by atoms with van der Waals surface area (Å²) in [6, 6.07) is 10.2. The highest BCUT2D eigenvalue weighted by molar-refractivity contribution is 7.89. The number of nitrogens with zero attached hydrogens (tertiary/aromatic N) is 3. The van der Waals surface area contributed by atoms with Crippen LogP contribution in [0.3, 0.4) is 0 Å². The van der Waals surface area contributed by atoms with Crippen molar-refractivity contribution in [3.63, 3.8) is 0 Å². The van der Waals surface area contributed by atoms with Gasteiger partial charge in [-0.05, 0) is 50.7 Å². The van der Waals surface area contributed by atoms with Crippen LogP contribution in [0, 0.1) is 0 Å². The van der Waals surface area contributed by atoms with Crippen molar-refractivity contribution in [1.82, 2.24) is 14.2 Å². The Morgan fingerprint density at radius 3 is 2.54 bits per heavy atom. The van der Waals surface area contributed by atoms with E-state index in [0.717, 1.165) is 43.9 Å². The molecule has 0 radical (unpaired) electrons. The first kappa shape index (κ1) is 18.5. The molecular weight excluding hydrogens is 374 g/mol. The third-order valence-corrected chi connectivity index (χ3v) is 8.66. The number of benzene rings is 1. The Labute approximate surface area is 166 Å². The summed E-state index contributed by atoms with van der Waals surface area (Å²) in [5, 5.41) is 10.9. The molecule has 3 aliphatic rings. The number of sulfonamides is 1. The molecule has 3 aliphatic heterocycles. The van der Waals surface area contributed by atoms with Gasteiger partial charge in [0.25, 0.3) is 0 Å². The Kier molecular flexibility index (Phi) is 4.66. The summed E-state index contributed by atoms with van der Waals surface area (Å²) in [6.07, 6.45) is 7.26. The zero-order valence-corrected chi connectivity index (χ0v) is 16.8. The number of fused-ring (bicyclic) bond motifs is 3. The number of para-hydroxylation sites is 1. The van der Waals surface area contributed by atoms with Crippen molar-refractivity contribution < 1.29 is 13.5 Å². The maximum atomic E-state index is 13.5. The van der Waals surface area contributed by atoms with Gasteiger partial charge in [0, 0.05) is 42.8 Å². The van der Waals surface area contributed by atoms with Crippen LogP contribution in [0.4, 0.5) is 0 Å². The van der Waals surface area contributed by atoms with E-state index in [0.29, 0.717) is 35.6 Å². The largest absolute Gasteiger partial charge is 0.393 e. The standard InChI is InChI=1S/C21H27N3O3S/c25-19-12-16-8-9-17(13-19)24(16)18-6-3-11-23(14-18)28(26,27)20-7-1-4-15-5-2-10-22-21(15)20/h1-2,4-5,7,10,16-19,25H,3,6,8-9,11-14H2/t16?,17?,18-,19?/m0/s1. The Morgan fingerprint density at radius 2 is 1.75 bits per heavy atom. The average molecular weight is 402 g/mol. The van der Waals surface area contributed by atoms with E-state index >= 15 is 0 Å². The number of pyridine rings is 1. The highest BCUT2D eigenvalue weighted by atomic mass is 32.2. The van der Waals surface area contributed by atoms with Gasteiger partial charge in [0.15, 0.2) is 0 Å². The van der Waals surface area contributed by atoms with Gasteiger partial charge in [0.2, 0.25) is 10.0 Å². The van der Waals surface area contributed by atoms with Crippen molar-refractivity contribution in [1.29, 1.82) is 0 Å². The lowest BCUT2D eigenvalue weighted by molar-refractivity contribution is -0.00280. The van der Waals surface area contributed by atoms with E-state index in [1.165, 1.54) is 0 Å². The number of aliphatic hydroxyl groups is 1. The highest BCUT2D eigenvalue weighted by Gasteiger charge is 2.45. The maximum absolute atomic E-state index is 13.5. The molecule has 5 rings (SSSR count). The molecule has 0 aliphatic carbocycles. The molecule has 3 fully saturated rings. The minimum Gasteiger partial charge on any atom is -0.393 e. The molecular formula is C21H27N3O3S. The van der Waals surface area contributed by atoms with Gasteiger partial charge >= 0.3 is 0 Å². The van der Waals surface area contributed by atoms with Crippen LogP contribution in [0.2, 0.25) is 0 Å². The van der Waals surface area contributed by atoms with Crippen molar-refractivity contribution >= 4 is 20.9 Å². The zero-order chi connectivity index (χ0) is 19.3. The first-order valence-electron chi connectivity index (χ1n) is 10.3. The number of aromatic nitrogens is 1. The average Bonchev–Trinajstić information content (AvgIpc) is 2.99. The summed E-state index contributed by atoms with van der Waals surface area (Å²) >= 11 is 0. The quantitative estimate of drug-likeness (QED) is 0.855. The lowest BCUT2D eigenvalue weighted by Crippen LogP contribution is -2.56. The number of piperidine rings is 2. The molecule has 4 heterocycles. The minimum atomic E-state index is -3.59. The second kappa shape index (κ2) is 7.06. The van der Waals surface area contributed by atoms with E-state index in [1.54, 1.807) is 22.6 Å². The molecule has 1 aromatic carbocycles. The second-order valence-electron chi connectivity index (χ2n) is 8.45. The molecule has 2 unspecified atom stereocenters. The normalized spacial score (nSPS) is 32.0. The number of hydrogen-bond acceptors (Lipinski definition) is 5. The van der Waals surface area contributed by atoms with Gasteiger partial charge in [-0.15, -0.1) is 0 Å². The minimum absolute atomic E-state index is 0.195. The first-order valence-corrected chi connectivity index (χ1v) is 11.8. The van der Waals surface area contributed by atoms with Crippen LogP contribution in [0.25, 0.3) is 10.9 Å². The summed E-state index contributed by atoms with van der Waals surface area (Å²) < 4.78 is 28.6. The molecule has 2 aromatic rings. The fourth-order valence-corrected chi connectivity index (χ4v) is 7.27. The van der Waals surface area contributed by atoms with E-state index in [2.05, 4.69) is 9.88 Å². The van der Waals surface area contributed by atoms with Gasteiger partial charge < -0.3 is 5.11 Å². The van der Waals surface area contributed by atoms with Crippen LogP contribution in [0.15, 0.2) is 41.4 Å². The Balaban J connectivity index is 1.43. The molecule has 3 atom stereocenters. The van der Waals surface area contributed by atoms with Crippen LogP contribution >= 0.6 is 0 Å². The van der Waals surface area contributed by atoms with Gasteiger partial charge in [0.05, 0.1) is 11.6 Å². The summed E-state index contributed by atoms with van der Waals surface area (Å²) in [5.74, 6) is 0. The van der Waals surface area contributed by atoms with Crippen molar-refractivity contribution in [3.05, 3.63) is 36.5 Å². The fraction of sp³-hybridized carbons (Fsp3) is 0.571. The van der Waals surface area contributed by atoms with Gasteiger partial charge in [-0.2, -0.15) is 4.31 Å². The molecule has 2 bridgehead atoms. The number of hydrogen-bond donors (Lipinski definition) is 1. The highest BCUT2D eigenvalue weighted by Crippen LogP contribution is 2.39. The molecule has 1 aromatic heterocycles. The van der Waals surface area contributed by atoms with Crippen molar-refractivity contribution in [2.75, 3.05) is 13.1 Å². The van der Waals surface area contributed by atoms with E-state index in [1.807, 2.05) is 18.2 Å². The number of aliphatic hydroxyl groups excluding tert-OH is 1. The summed E-state index contributed by atoms with van der Waals surface area (Å²) in [5.41, 5.74) is 0.549. The molecule has 6 nitrogen and oxygen atoms in total. The predicted molar refractivity (Wildman–Crippen MR) is 107 cm³/mol. The maximum Gasteiger partial charge on any atom is 0.245 e. The molecule has 3 saturated heterocycles. The third kappa shape index (κ3) is 3.05. The molecule has 28 heavy (non-hydrogen) atoms. The molecule has 7 heteroatoms. The molecule has 150 valence electrons. The zero-order valence-electron chi connectivity index (χ0n) is 15.9. The van der Waals surface area contributed by atoms with E-state index in [-0.39, 0.29) is 12.1 Å². The smallest absolute Gasteiger partial charge is 0.245 e. The van der Waals surface area contributed by atoms with Crippen molar-refractivity contribution in [3.8, 4) is 0 Å². The Bertz CT molecular complexity index is 961. The fourth-order valence-electron chi connectivity index (χ4n) is 5.59. The van der Waals surface area contributed by atoms with Gasteiger partial charge in [-0.25, -0.2) is 8.42 Å². The molecule has 0 spiro atoms.